The predicted octanol–water partition coefficient (Wildman–Crippen LogP) is 1.24. The van der Waals surface area contributed by atoms with E-state index in [0.717, 1.165) is 26.1 Å². The summed E-state index contributed by atoms with van der Waals surface area (Å²) in [4.78, 5) is 14.4. The molecular weight excluding hydrogens is 188 g/mol. The number of likely N-dealkylation sites (tertiary alicyclic amines) is 1. The Bertz CT molecular complexity index is 242. The second-order valence-corrected chi connectivity index (χ2v) is 4.98. The van der Waals surface area contributed by atoms with Gasteiger partial charge in [-0.05, 0) is 31.7 Å². The number of carbonyl (C=O) groups excluding carboxylic acids is 1. The molecule has 1 amide bonds. The van der Waals surface area contributed by atoms with Crippen LogP contribution in [0.1, 0.15) is 33.1 Å². The Morgan fingerprint density at radius 1 is 1.47 bits per heavy atom. The molecule has 3 nitrogen and oxygen atoms in total. The average Bonchev–Trinajstić information content (AvgIpc) is 2.84. The van der Waals surface area contributed by atoms with E-state index in [1.54, 1.807) is 0 Å². The largest absolute Gasteiger partial charge is 0.339 e. The zero-order valence-corrected chi connectivity index (χ0v) is 9.83. The molecule has 1 N–H and O–H groups in total. The number of hydrogen-bond acceptors (Lipinski definition) is 2. The summed E-state index contributed by atoms with van der Waals surface area (Å²) in [5.41, 5.74) is 0. The molecule has 0 radical (unpaired) electrons. The lowest BCUT2D eigenvalue weighted by Gasteiger charge is -2.27. The number of rotatable bonds is 2. The fraction of sp³-hybridized carbons (Fsp3) is 0.917. The zero-order chi connectivity index (χ0) is 10.8. The molecule has 0 aromatic rings. The first-order valence-electron chi connectivity index (χ1n) is 6.25. The fourth-order valence-electron chi connectivity index (χ4n) is 2.90. The van der Waals surface area contributed by atoms with E-state index < -0.39 is 0 Å². The molecule has 2 fully saturated rings. The van der Waals surface area contributed by atoms with E-state index in [1.807, 2.05) is 0 Å². The minimum atomic E-state index is 0.233. The number of nitrogens with zero attached hydrogens (tertiary/aromatic N) is 1. The highest BCUT2D eigenvalue weighted by Crippen LogP contribution is 2.26. The van der Waals surface area contributed by atoms with E-state index in [4.69, 9.17) is 0 Å². The molecule has 0 aromatic heterocycles. The van der Waals surface area contributed by atoms with Crippen molar-refractivity contribution in [3.05, 3.63) is 0 Å². The topological polar surface area (TPSA) is 32.3 Å². The van der Waals surface area contributed by atoms with Gasteiger partial charge in [-0.15, -0.1) is 0 Å². The first-order valence-corrected chi connectivity index (χ1v) is 6.25. The Morgan fingerprint density at radius 2 is 2.27 bits per heavy atom. The smallest absolute Gasteiger partial charge is 0.227 e. The van der Waals surface area contributed by atoms with Crippen LogP contribution in [0, 0.1) is 11.8 Å². The Balaban J connectivity index is 2.00. The van der Waals surface area contributed by atoms with Crippen LogP contribution in [0.5, 0.6) is 0 Å². The maximum atomic E-state index is 12.3. The van der Waals surface area contributed by atoms with Crippen LogP contribution in [0.4, 0.5) is 0 Å². The van der Waals surface area contributed by atoms with Crippen molar-refractivity contribution in [2.45, 2.75) is 39.2 Å². The lowest BCUT2D eigenvalue weighted by Crippen LogP contribution is -2.41. The average molecular weight is 210 g/mol. The van der Waals surface area contributed by atoms with Gasteiger partial charge in [0, 0.05) is 19.1 Å². The highest BCUT2D eigenvalue weighted by molar-refractivity contribution is 5.80. The molecule has 0 bridgehead atoms. The molecule has 3 atom stereocenters. The van der Waals surface area contributed by atoms with Crippen LogP contribution in [0.2, 0.25) is 0 Å². The van der Waals surface area contributed by atoms with Crippen LogP contribution < -0.4 is 5.32 Å². The number of nitrogens with one attached hydrogen (secondary N) is 1. The minimum Gasteiger partial charge on any atom is -0.339 e. The van der Waals surface area contributed by atoms with Crippen LogP contribution >= 0.6 is 0 Å². The summed E-state index contributed by atoms with van der Waals surface area (Å²) in [6.45, 7) is 7.24. The molecule has 0 saturated carbocycles. The number of amides is 1. The van der Waals surface area contributed by atoms with Crippen LogP contribution in [0.15, 0.2) is 0 Å². The SMILES string of the molecule is CCC1CCCN1C(=O)[C@@H]1CNC[C@H]1C. The van der Waals surface area contributed by atoms with Gasteiger partial charge in [-0.2, -0.15) is 0 Å². The quantitative estimate of drug-likeness (QED) is 0.744. The molecule has 1 unspecified atom stereocenters. The van der Waals surface area contributed by atoms with E-state index in [-0.39, 0.29) is 5.92 Å². The third-order valence-corrected chi connectivity index (χ3v) is 3.97. The van der Waals surface area contributed by atoms with Gasteiger partial charge in [0.25, 0.3) is 0 Å². The summed E-state index contributed by atoms with van der Waals surface area (Å²) in [6.07, 6.45) is 3.51. The third-order valence-electron chi connectivity index (χ3n) is 3.97. The third kappa shape index (κ3) is 2.03. The van der Waals surface area contributed by atoms with Gasteiger partial charge in [0.05, 0.1) is 5.92 Å². The minimum absolute atomic E-state index is 0.233. The molecular formula is C12H22N2O. The lowest BCUT2D eigenvalue weighted by atomic mass is 9.96. The molecule has 86 valence electrons. The van der Waals surface area contributed by atoms with Crippen molar-refractivity contribution in [3.63, 3.8) is 0 Å². The normalized spacial score (nSPS) is 36.1. The van der Waals surface area contributed by atoms with Crippen molar-refractivity contribution in [2.75, 3.05) is 19.6 Å². The van der Waals surface area contributed by atoms with Gasteiger partial charge >= 0.3 is 0 Å². The van der Waals surface area contributed by atoms with Gasteiger partial charge in [0.2, 0.25) is 5.91 Å². The standard InChI is InChI=1S/C12H22N2O/c1-3-10-5-4-6-14(10)12(15)11-8-13-7-9(11)2/h9-11,13H,3-8H2,1-2H3/t9-,10?,11-/m1/s1. The van der Waals surface area contributed by atoms with Gasteiger partial charge in [0.15, 0.2) is 0 Å². The molecule has 2 aliphatic heterocycles. The molecule has 0 spiro atoms. The van der Waals surface area contributed by atoms with E-state index in [2.05, 4.69) is 24.1 Å². The molecule has 0 aromatic carbocycles. The summed E-state index contributed by atoms with van der Waals surface area (Å²) >= 11 is 0. The van der Waals surface area contributed by atoms with E-state index >= 15 is 0 Å². The van der Waals surface area contributed by atoms with Gasteiger partial charge in [-0.1, -0.05) is 13.8 Å². The molecule has 3 heteroatoms. The first kappa shape index (κ1) is 10.9. The number of carbonyl (C=O) groups is 1. The maximum Gasteiger partial charge on any atom is 0.227 e. The van der Waals surface area contributed by atoms with Gasteiger partial charge in [0.1, 0.15) is 0 Å². The maximum absolute atomic E-state index is 12.3. The summed E-state index contributed by atoms with van der Waals surface area (Å²) in [6, 6.07) is 0.519. The second-order valence-electron chi connectivity index (χ2n) is 4.98. The fourth-order valence-corrected chi connectivity index (χ4v) is 2.90. The zero-order valence-electron chi connectivity index (χ0n) is 9.83. The predicted molar refractivity (Wildman–Crippen MR) is 60.5 cm³/mol. The molecule has 2 rings (SSSR count). The summed E-state index contributed by atoms with van der Waals surface area (Å²) in [5, 5.41) is 3.31. The highest BCUT2D eigenvalue weighted by Gasteiger charge is 2.36. The Hall–Kier alpha value is -0.570. The summed E-state index contributed by atoms with van der Waals surface area (Å²) in [5.74, 6) is 1.14. The van der Waals surface area contributed by atoms with Crippen molar-refractivity contribution in [3.8, 4) is 0 Å². The van der Waals surface area contributed by atoms with Crippen molar-refractivity contribution < 1.29 is 4.79 Å². The van der Waals surface area contributed by atoms with Crippen molar-refractivity contribution in [1.82, 2.24) is 10.2 Å². The molecule has 2 heterocycles. The van der Waals surface area contributed by atoms with Crippen molar-refractivity contribution >= 4 is 5.91 Å². The highest BCUT2D eigenvalue weighted by atomic mass is 16.2. The van der Waals surface area contributed by atoms with Gasteiger partial charge < -0.3 is 10.2 Å². The van der Waals surface area contributed by atoms with E-state index in [0.29, 0.717) is 17.9 Å². The summed E-state index contributed by atoms with van der Waals surface area (Å²) in [7, 11) is 0. The summed E-state index contributed by atoms with van der Waals surface area (Å²) < 4.78 is 0. The van der Waals surface area contributed by atoms with Crippen molar-refractivity contribution in [2.24, 2.45) is 11.8 Å². The van der Waals surface area contributed by atoms with Gasteiger partial charge in [-0.25, -0.2) is 0 Å². The van der Waals surface area contributed by atoms with Crippen LogP contribution in [-0.4, -0.2) is 36.5 Å². The van der Waals surface area contributed by atoms with E-state index in [9.17, 15) is 4.79 Å². The Kier molecular flexibility index (Phi) is 3.29. The Morgan fingerprint density at radius 3 is 2.87 bits per heavy atom. The molecule has 2 saturated heterocycles. The molecule has 0 aliphatic carbocycles. The second kappa shape index (κ2) is 4.52. The number of hydrogen-bond donors (Lipinski definition) is 1. The van der Waals surface area contributed by atoms with Gasteiger partial charge in [-0.3, -0.25) is 4.79 Å². The monoisotopic (exact) mass is 210 g/mol. The van der Waals surface area contributed by atoms with Crippen LogP contribution in [0.3, 0.4) is 0 Å². The Labute approximate surface area is 92.2 Å². The van der Waals surface area contributed by atoms with Crippen molar-refractivity contribution in [1.29, 1.82) is 0 Å². The first-order chi connectivity index (χ1) is 7.24. The van der Waals surface area contributed by atoms with Crippen LogP contribution in [0.25, 0.3) is 0 Å². The lowest BCUT2D eigenvalue weighted by molar-refractivity contribution is -0.136. The molecule has 2 aliphatic rings. The van der Waals surface area contributed by atoms with Crippen LogP contribution in [-0.2, 0) is 4.79 Å². The van der Waals surface area contributed by atoms with E-state index in [1.165, 1.54) is 12.8 Å². The molecule has 15 heavy (non-hydrogen) atoms.